The third-order valence-electron chi connectivity index (χ3n) is 3.52. The van der Waals surface area contributed by atoms with Crippen LogP contribution in [-0.4, -0.2) is 22.4 Å². The zero-order valence-electron chi connectivity index (χ0n) is 11.9. The Morgan fingerprint density at radius 1 is 1.33 bits per heavy atom. The summed E-state index contributed by atoms with van der Waals surface area (Å²) in [7, 11) is 0. The number of anilines is 1. The van der Waals surface area contributed by atoms with Crippen LogP contribution < -0.4 is 11.1 Å². The number of carbonyl (C=O) groups is 1. The van der Waals surface area contributed by atoms with E-state index in [-0.39, 0.29) is 5.91 Å². The summed E-state index contributed by atoms with van der Waals surface area (Å²) < 4.78 is 5.81. The summed E-state index contributed by atoms with van der Waals surface area (Å²) in [6.45, 7) is 3.92. The second kappa shape index (κ2) is 4.73. The highest BCUT2D eigenvalue weighted by Crippen LogP contribution is 2.30. The number of nitrogens with zero attached hydrogens (tertiary/aromatic N) is 2. The lowest BCUT2D eigenvalue weighted by Gasteiger charge is -2.20. The van der Waals surface area contributed by atoms with Crippen molar-refractivity contribution in [2.45, 2.75) is 13.8 Å². The summed E-state index contributed by atoms with van der Waals surface area (Å²) in [5.74, 6) is 0.190. The van der Waals surface area contributed by atoms with Gasteiger partial charge in [-0.2, -0.15) is 0 Å². The number of para-hydroxylation sites is 1. The highest BCUT2D eigenvalue weighted by Gasteiger charge is 2.25. The van der Waals surface area contributed by atoms with E-state index in [9.17, 15) is 4.79 Å². The molecule has 0 aliphatic carbocycles. The molecule has 3 aromatic rings. The van der Waals surface area contributed by atoms with Crippen molar-refractivity contribution in [1.29, 1.82) is 0 Å². The van der Waals surface area contributed by atoms with Gasteiger partial charge in [-0.05, 0) is 26.0 Å². The van der Waals surface area contributed by atoms with Crippen molar-refractivity contribution < 1.29 is 9.21 Å². The SMILES string of the molecule is CC(C)(CNc1ncnc2c1oc1ccccc12)C(N)=O. The Hall–Kier alpha value is -2.63. The summed E-state index contributed by atoms with van der Waals surface area (Å²) in [5.41, 5.74) is 6.78. The quantitative estimate of drug-likeness (QED) is 0.766. The highest BCUT2D eigenvalue weighted by atomic mass is 16.3. The topological polar surface area (TPSA) is 94.0 Å². The summed E-state index contributed by atoms with van der Waals surface area (Å²) >= 11 is 0. The van der Waals surface area contributed by atoms with E-state index in [2.05, 4.69) is 15.3 Å². The van der Waals surface area contributed by atoms with Crippen molar-refractivity contribution in [1.82, 2.24) is 9.97 Å². The predicted octanol–water partition coefficient (Wildman–Crippen LogP) is 2.30. The Kier molecular flexibility index (Phi) is 3.01. The Bertz CT molecular complexity index is 823. The van der Waals surface area contributed by atoms with Crippen LogP contribution in [0.1, 0.15) is 13.8 Å². The molecular weight excluding hydrogens is 268 g/mol. The number of benzene rings is 1. The van der Waals surface area contributed by atoms with Gasteiger partial charge in [-0.1, -0.05) is 12.1 Å². The number of nitrogens with two attached hydrogens (primary N) is 1. The molecule has 0 aliphatic rings. The van der Waals surface area contributed by atoms with Gasteiger partial charge in [0.15, 0.2) is 11.4 Å². The number of carbonyl (C=O) groups excluding carboxylic acids is 1. The van der Waals surface area contributed by atoms with Crippen molar-refractivity contribution in [3.63, 3.8) is 0 Å². The summed E-state index contributed by atoms with van der Waals surface area (Å²) in [4.78, 5) is 19.8. The van der Waals surface area contributed by atoms with E-state index in [4.69, 9.17) is 10.2 Å². The van der Waals surface area contributed by atoms with Crippen molar-refractivity contribution in [3.05, 3.63) is 30.6 Å². The average Bonchev–Trinajstić information content (AvgIpc) is 2.84. The van der Waals surface area contributed by atoms with Crippen molar-refractivity contribution >= 4 is 33.8 Å². The minimum Gasteiger partial charge on any atom is -0.450 e. The van der Waals surface area contributed by atoms with Crippen LogP contribution in [0.3, 0.4) is 0 Å². The molecule has 0 aliphatic heterocycles. The van der Waals surface area contributed by atoms with Gasteiger partial charge in [-0.15, -0.1) is 0 Å². The molecule has 0 atom stereocenters. The van der Waals surface area contributed by atoms with Gasteiger partial charge < -0.3 is 15.5 Å². The first-order valence-electron chi connectivity index (χ1n) is 6.65. The van der Waals surface area contributed by atoms with Gasteiger partial charge in [0.05, 0.1) is 5.41 Å². The molecule has 0 spiro atoms. The minimum absolute atomic E-state index is 0.367. The standard InChI is InChI=1S/C15H16N4O2/c1-15(2,14(16)20)7-17-13-12-11(18-8-19-13)9-5-3-4-6-10(9)21-12/h3-6,8H,7H2,1-2H3,(H2,16,20)(H,17,18,19). The Labute approximate surface area is 121 Å². The van der Waals surface area contributed by atoms with Crippen LogP contribution in [0.4, 0.5) is 5.82 Å². The highest BCUT2D eigenvalue weighted by molar-refractivity contribution is 6.05. The summed E-state index contributed by atoms with van der Waals surface area (Å²) in [5, 5.41) is 4.06. The molecule has 0 fully saturated rings. The first-order chi connectivity index (χ1) is 9.99. The molecule has 108 valence electrons. The molecule has 2 aromatic heterocycles. The van der Waals surface area contributed by atoms with Crippen LogP contribution >= 0.6 is 0 Å². The molecule has 0 radical (unpaired) electrons. The van der Waals surface area contributed by atoms with Crippen molar-refractivity contribution in [2.75, 3.05) is 11.9 Å². The number of hydrogen-bond acceptors (Lipinski definition) is 5. The van der Waals surface area contributed by atoms with Crippen LogP contribution in [0.5, 0.6) is 0 Å². The molecule has 1 aromatic carbocycles. The van der Waals surface area contributed by atoms with E-state index in [0.717, 1.165) is 16.5 Å². The van der Waals surface area contributed by atoms with Crippen LogP contribution in [0.15, 0.2) is 35.0 Å². The maximum Gasteiger partial charge on any atom is 0.224 e. The maximum atomic E-state index is 11.4. The second-order valence-electron chi connectivity index (χ2n) is 5.60. The largest absolute Gasteiger partial charge is 0.450 e. The van der Waals surface area contributed by atoms with Gasteiger partial charge in [0.25, 0.3) is 0 Å². The summed E-state index contributed by atoms with van der Waals surface area (Å²) in [6, 6.07) is 7.67. The third-order valence-corrected chi connectivity index (χ3v) is 3.52. The molecule has 0 saturated carbocycles. The number of nitrogens with one attached hydrogen (secondary N) is 1. The van der Waals surface area contributed by atoms with Crippen LogP contribution in [-0.2, 0) is 4.79 Å². The Morgan fingerprint density at radius 2 is 2.10 bits per heavy atom. The zero-order chi connectivity index (χ0) is 15.0. The molecule has 6 heteroatoms. The fraction of sp³-hybridized carbons (Fsp3) is 0.267. The fourth-order valence-corrected chi connectivity index (χ4v) is 2.04. The van der Waals surface area contributed by atoms with Crippen molar-refractivity contribution in [2.24, 2.45) is 11.1 Å². The van der Waals surface area contributed by atoms with Gasteiger partial charge in [0, 0.05) is 11.9 Å². The van der Waals surface area contributed by atoms with Gasteiger partial charge in [-0.25, -0.2) is 9.97 Å². The van der Waals surface area contributed by atoms with Gasteiger partial charge in [0.1, 0.15) is 17.4 Å². The van der Waals surface area contributed by atoms with E-state index < -0.39 is 5.41 Å². The number of amides is 1. The molecule has 0 saturated heterocycles. The van der Waals surface area contributed by atoms with Crippen LogP contribution in [0, 0.1) is 5.41 Å². The second-order valence-corrected chi connectivity index (χ2v) is 5.60. The predicted molar refractivity (Wildman–Crippen MR) is 80.8 cm³/mol. The monoisotopic (exact) mass is 284 g/mol. The lowest BCUT2D eigenvalue weighted by Crippen LogP contribution is -2.37. The normalized spacial score (nSPS) is 11.9. The first-order valence-corrected chi connectivity index (χ1v) is 6.65. The molecule has 2 heterocycles. The first kappa shape index (κ1) is 13.4. The summed E-state index contributed by atoms with van der Waals surface area (Å²) in [6.07, 6.45) is 1.48. The number of aromatic nitrogens is 2. The molecule has 0 bridgehead atoms. The van der Waals surface area contributed by atoms with E-state index >= 15 is 0 Å². The van der Waals surface area contributed by atoms with E-state index in [0.29, 0.717) is 17.9 Å². The van der Waals surface area contributed by atoms with Gasteiger partial charge in [-0.3, -0.25) is 4.79 Å². The van der Waals surface area contributed by atoms with Crippen molar-refractivity contribution in [3.8, 4) is 0 Å². The molecule has 3 N–H and O–H groups in total. The van der Waals surface area contributed by atoms with E-state index in [1.807, 2.05) is 24.3 Å². The number of hydrogen-bond donors (Lipinski definition) is 2. The van der Waals surface area contributed by atoms with E-state index in [1.54, 1.807) is 13.8 Å². The third kappa shape index (κ3) is 2.29. The number of rotatable bonds is 4. The van der Waals surface area contributed by atoms with Gasteiger partial charge in [0.2, 0.25) is 5.91 Å². The number of fused-ring (bicyclic) bond motifs is 3. The van der Waals surface area contributed by atoms with Crippen LogP contribution in [0.2, 0.25) is 0 Å². The average molecular weight is 284 g/mol. The zero-order valence-corrected chi connectivity index (χ0v) is 11.9. The number of primary amides is 1. The molecule has 21 heavy (non-hydrogen) atoms. The molecule has 3 rings (SSSR count). The fourth-order valence-electron chi connectivity index (χ4n) is 2.04. The maximum absolute atomic E-state index is 11.4. The molecular formula is C15H16N4O2. The lowest BCUT2D eigenvalue weighted by atomic mass is 9.93. The number of furan rings is 1. The van der Waals surface area contributed by atoms with Crippen LogP contribution in [0.25, 0.3) is 22.1 Å². The Morgan fingerprint density at radius 3 is 2.86 bits per heavy atom. The molecule has 1 amide bonds. The Balaban J connectivity index is 2.01. The minimum atomic E-state index is -0.677. The van der Waals surface area contributed by atoms with E-state index in [1.165, 1.54) is 6.33 Å². The smallest absolute Gasteiger partial charge is 0.224 e. The lowest BCUT2D eigenvalue weighted by molar-refractivity contribution is -0.125. The molecule has 0 unspecified atom stereocenters. The van der Waals surface area contributed by atoms with Gasteiger partial charge >= 0.3 is 0 Å². The molecule has 6 nitrogen and oxygen atoms in total.